The molecule has 2 aliphatic rings. The number of quaternary nitrogens is 1. The Bertz CT molecular complexity index is 750. The lowest BCUT2D eigenvalue weighted by Crippen LogP contribution is -3.15. The van der Waals surface area contributed by atoms with Crippen LogP contribution in [0.25, 0.3) is 0 Å². The van der Waals surface area contributed by atoms with Crippen molar-refractivity contribution in [3.05, 3.63) is 27.1 Å². The molecule has 0 radical (unpaired) electrons. The molecule has 0 spiro atoms. The molecule has 1 aromatic rings. The molecule has 0 bridgehead atoms. The van der Waals surface area contributed by atoms with Gasteiger partial charge in [0.25, 0.3) is 0 Å². The SMILES string of the molecule is O=S(=O)(c1cc(Br)ccc1Br)N1CC[NH+](C[C@H](O)COC[C@@H]2CCCO2)CC1. The maximum absolute atomic E-state index is 12.9. The van der Waals surface area contributed by atoms with Crippen LogP contribution in [0.1, 0.15) is 12.8 Å². The van der Waals surface area contributed by atoms with E-state index in [-0.39, 0.29) is 17.6 Å². The van der Waals surface area contributed by atoms with Gasteiger partial charge in [-0.2, -0.15) is 4.31 Å². The van der Waals surface area contributed by atoms with Gasteiger partial charge in [0.2, 0.25) is 10.0 Å². The molecular weight excluding hydrogens is 516 g/mol. The van der Waals surface area contributed by atoms with Gasteiger partial charge in [-0.05, 0) is 47.0 Å². The summed E-state index contributed by atoms with van der Waals surface area (Å²) in [7, 11) is -3.55. The third-order valence-electron chi connectivity index (χ3n) is 5.10. The van der Waals surface area contributed by atoms with Crippen LogP contribution in [-0.2, 0) is 19.5 Å². The van der Waals surface area contributed by atoms with Crippen LogP contribution in [0, 0.1) is 0 Å². The van der Waals surface area contributed by atoms with Crippen LogP contribution in [-0.4, -0.2) is 82.6 Å². The van der Waals surface area contributed by atoms with Gasteiger partial charge in [0.05, 0.1) is 50.4 Å². The number of nitrogens with zero attached hydrogens (tertiary/aromatic N) is 1. The molecule has 28 heavy (non-hydrogen) atoms. The molecule has 0 aliphatic carbocycles. The minimum absolute atomic E-state index is 0.158. The Kier molecular flexibility index (Phi) is 8.32. The Hall–Kier alpha value is -0.0700. The first kappa shape index (κ1) is 22.6. The minimum Gasteiger partial charge on any atom is -0.385 e. The molecule has 0 amide bonds. The number of halogens is 2. The van der Waals surface area contributed by atoms with E-state index in [1.165, 1.54) is 9.21 Å². The van der Waals surface area contributed by atoms with Crippen LogP contribution < -0.4 is 4.90 Å². The van der Waals surface area contributed by atoms with Crippen molar-refractivity contribution in [1.29, 1.82) is 0 Å². The van der Waals surface area contributed by atoms with E-state index in [2.05, 4.69) is 31.9 Å². The quantitative estimate of drug-likeness (QED) is 0.504. The third-order valence-corrected chi connectivity index (χ3v) is 8.49. The van der Waals surface area contributed by atoms with Crippen LogP contribution in [0.15, 0.2) is 32.0 Å². The topological polar surface area (TPSA) is 80.5 Å². The number of aliphatic hydroxyl groups excluding tert-OH is 1. The second-order valence-corrected chi connectivity index (χ2v) is 10.9. The molecule has 2 heterocycles. The Morgan fingerprint density at radius 2 is 2.07 bits per heavy atom. The number of piperazine rings is 1. The summed E-state index contributed by atoms with van der Waals surface area (Å²) in [4.78, 5) is 1.46. The van der Waals surface area contributed by atoms with Crippen LogP contribution in [0.5, 0.6) is 0 Å². The lowest BCUT2D eigenvalue weighted by atomic mass is 10.2. The number of hydrogen-bond donors (Lipinski definition) is 2. The summed E-state index contributed by atoms with van der Waals surface area (Å²) in [5.74, 6) is 0. The van der Waals surface area contributed by atoms with Gasteiger partial charge in [-0.15, -0.1) is 0 Å². The number of benzene rings is 1. The summed E-state index contributed by atoms with van der Waals surface area (Å²) in [5.41, 5.74) is 0. The zero-order valence-corrected chi connectivity index (χ0v) is 19.6. The Labute approximate surface area is 183 Å². The zero-order chi connectivity index (χ0) is 20.1. The average Bonchev–Trinajstić information content (AvgIpc) is 3.17. The number of aliphatic hydroxyl groups is 1. The molecule has 2 N–H and O–H groups in total. The first-order chi connectivity index (χ1) is 13.4. The van der Waals surface area contributed by atoms with Crippen LogP contribution in [0.4, 0.5) is 0 Å². The Morgan fingerprint density at radius 3 is 2.75 bits per heavy atom. The van der Waals surface area contributed by atoms with Crippen molar-refractivity contribution in [2.24, 2.45) is 0 Å². The normalized spacial score (nSPS) is 23.2. The van der Waals surface area contributed by atoms with Crippen LogP contribution >= 0.6 is 31.9 Å². The van der Waals surface area contributed by atoms with Crippen molar-refractivity contribution in [2.45, 2.75) is 29.9 Å². The molecule has 7 nitrogen and oxygen atoms in total. The number of rotatable bonds is 8. The van der Waals surface area contributed by atoms with E-state index in [9.17, 15) is 13.5 Å². The molecule has 1 aromatic carbocycles. The van der Waals surface area contributed by atoms with Crippen molar-refractivity contribution in [2.75, 3.05) is 52.5 Å². The van der Waals surface area contributed by atoms with Gasteiger partial charge in [-0.1, -0.05) is 15.9 Å². The predicted molar refractivity (Wildman–Crippen MR) is 112 cm³/mol. The summed E-state index contributed by atoms with van der Waals surface area (Å²) in [5, 5.41) is 10.2. The van der Waals surface area contributed by atoms with Gasteiger partial charge in [0, 0.05) is 15.6 Å². The summed E-state index contributed by atoms with van der Waals surface area (Å²) in [6.45, 7) is 4.35. The standard InChI is InChI=1S/C18H26Br2N2O5S/c19-14-3-4-17(20)18(10-14)28(24,25)22-7-5-21(6-8-22)11-15(23)12-26-13-16-2-1-9-27-16/h3-4,10,15-16,23H,1-2,5-9,11-13H2/p+1/t15-,16-/m0/s1. The summed E-state index contributed by atoms with van der Waals surface area (Å²) in [6.07, 6.45) is 1.69. The smallest absolute Gasteiger partial charge is 0.244 e. The van der Waals surface area contributed by atoms with Gasteiger partial charge in [0.15, 0.2) is 0 Å². The highest BCUT2D eigenvalue weighted by molar-refractivity contribution is 9.11. The molecule has 3 rings (SSSR count). The van der Waals surface area contributed by atoms with Crippen molar-refractivity contribution >= 4 is 41.9 Å². The Balaban J connectivity index is 1.45. The van der Waals surface area contributed by atoms with Crippen molar-refractivity contribution in [1.82, 2.24) is 4.31 Å². The molecular formula is C18H27Br2N2O5S+. The van der Waals surface area contributed by atoms with Crippen LogP contribution in [0.2, 0.25) is 0 Å². The predicted octanol–water partition coefficient (Wildman–Crippen LogP) is 0.657. The van der Waals surface area contributed by atoms with E-state index in [1.807, 2.05) is 0 Å². The summed E-state index contributed by atoms with van der Waals surface area (Å²) >= 11 is 6.67. The average molecular weight is 543 g/mol. The molecule has 10 heteroatoms. The molecule has 2 saturated heterocycles. The van der Waals surface area contributed by atoms with Gasteiger partial charge < -0.3 is 19.5 Å². The van der Waals surface area contributed by atoms with Gasteiger partial charge in [-0.3, -0.25) is 0 Å². The van der Waals surface area contributed by atoms with Gasteiger partial charge >= 0.3 is 0 Å². The second kappa shape index (κ2) is 10.3. The number of hydrogen-bond acceptors (Lipinski definition) is 5. The second-order valence-electron chi connectivity index (χ2n) is 7.26. The van der Waals surface area contributed by atoms with Crippen molar-refractivity contribution < 1.29 is 27.9 Å². The number of ether oxygens (including phenoxy) is 2. The monoisotopic (exact) mass is 541 g/mol. The lowest BCUT2D eigenvalue weighted by molar-refractivity contribution is -0.906. The number of sulfonamides is 1. The van der Waals surface area contributed by atoms with Gasteiger partial charge in [0.1, 0.15) is 12.6 Å². The maximum Gasteiger partial charge on any atom is 0.244 e. The molecule has 2 fully saturated rings. The minimum atomic E-state index is -3.55. The highest BCUT2D eigenvalue weighted by Gasteiger charge is 2.32. The fraction of sp³-hybridized carbons (Fsp3) is 0.667. The fourth-order valence-electron chi connectivity index (χ4n) is 3.56. The lowest BCUT2D eigenvalue weighted by Gasteiger charge is -2.32. The largest absolute Gasteiger partial charge is 0.385 e. The van der Waals surface area contributed by atoms with Crippen molar-refractivity contribution in [3.63, 3.8) is 0 Å². The molecule has 2 aliphatic heterocycles. The number of nitrogens with one attached hydrogen (secondary N) is 1. The molecule has 158 valence electrons. The zero-order valence-electron chi connectivity index (χ0n) is 15.6. The third kappa shape index (κ3) is 5.98. The molecule has 0 saturated carbocycles. The molecule has 0 aromatic heterocycles. The fourth-order valence-corrected chi connectivity index (χ4v) is 6.47. The summed E-state index contributed by atoms with van der Waals surface area (Å²) < 4.78 is 39.8. The van der Waals surface area contributed by atoms with E-state index in [0.29, 0.717) is 43.8 Å². The van der Waals surface area contributed by atoms with E-state index < -0.39 is 16.1 Å². The summed E-state index contributed by atoms with van der Waals surface area (Å²) in [6, 6.07) is 5.15. The first-order valence-electron chi connectivity index (χ1n) is 9.52. The van der Waals surface area contributed by atoms with E-state index in [1.54, 1.807) is 18.2 Å². The van der Waals surface area contributed by atoms with E-state index in [0.717, 1.165) is 23.9 Å². The van der Waals surface area contributed by atoms with E-state index in [4.69, 9.17) is 9.47 Å². The Morgan fingerprint density at radius 1 is 1.32 bits per heavy atom. The van der Waals surface area contributed by atoms with Crippen molar-refractivity contribution in [3.8, 4) is 0 Å². The highest BCUT2D eigenvalue weighted by atomic mass is 79.9. The molecule has 2 atom stereocenters. The van der Waals surface area contributed by atoms with Gasteiger partial charge in [-0.25, -0.2) is 8.42 Å². The van der Waals surface area contributed by atoms with Crippen LogP contribution in [0.3, 0.4) is 0 Å². The van der Waals surface area contributed by atoms with E-state index >= 15 is 0 Å². The first-order valence-corrected chi connectivity index (χ1v) is 12.5. The maximum atomic E-state index is 12.9. The molecule has 0 unspecified atom stereocenters. The highest BCUT2D eigenvalue weighted by Crippen LogP contribution is 2.28.